The zero-order valence-corrected chi connectivity index (χ0v) is 14.2. The highest BCUT2D eigenvalue weighted by atomic mass is 32.2. The van der Waals surface area contributed by atoms with E-state index in [9.17, 15) is 8.42 Å². The number of aliphatic imine (C=N–C) groups is 1. The number of hydrogen-bond donors (Lipinski definition) is 1. The van der Waals surface area contributed by atoms with Crippen LogP contribution in [-0.4, -0.2) is 38.6 Å². The number of rotatable bonds is 3. The summed E-state index contributed by atoms with van der Waals surface area (Å²) < 4.78 is 23.2. The van der Waals surface area contributed by atoms with E-state index in [0.717, 1.165) is 24.2 Å². The number of nitrogens with two attached hydrogens (primary N) is 1. The molecule has 1 aromatic carbocycles. The molecule has 1 aliphatic heterocycles. The van der Waals surface area contributed by atoms with Crippen LogP contribution in [0.4, 0.5) is 0 Å². The van der Waals surface area contributed by atoms with Crippen LogP contribution in [0, 0.1) is 6.92 Å². The molecule has 0 saturated carbocycles. The summed E-state index contributed by atoms with van der Waals surface area (Å²) in [7, 11) is -3.17. The van der Waals surface area contributed by atoms with E-state index in [1.54, 1.807) is 6.07 Å². The average Bonchev–Trinajstić information content (AvgIpc) is 2.72. The van der Waals surface area contributed by atoms with Crippen molar-refractivity contribution in [3.05, 3.63) is 29.3 Å². The maximum Gasteiger partial charge on any atom is 0.191 e. The lowest BCUT2D eigenvalue weighted by molar-refractivity contribution is 0.428. The maximum absolute atomic E-state index is 11.6. The highest BCUT2D eigenvalue weighted by Gasteiger charge is 2.12. The van der Waals surface area contributed by atoms with Crippen molar-refractivity contribution in [3.8, 4) is 0 Å². The standard InChI is InChI=1S/C16H25N3O2S/c1-13-11-14(7-8-15(13)22(2,20)21)12-18-16(17)19-9-5-3-4-6-10-19/h7-8,11H,3-6,9-10,12H2,1-2H3,(H2,17,18). The summed E-state index contributed by atoms with van der Waals surface area (Å²) in [6, 6.07) is 5.33. The van der Waals surface area contributed by atoms with E-state index in [4.69, 9.17) is 5.73 Å². The molecule has 1 aromatic rings. The molecule has 0 unspecified atom stereocenters. The molecule has 0 bridgehead atoms. The van der Waals surface area contributed by atoms with Crippen LogP contribution in [0.3, 0.4) is 0 Å². The Bertz CT molecular complexity index is 645. The second kappa shape index (κ2) is 7.13. The highest BCUT2D eigenvalue weighted by Crippen LogP contribution is 2.17. The van der Waals surface area contributed by atoms with Crippen LogP contribution in [0.1, 0.15) is 36.8 Å². The van der Waals surface area contributed by atoms with Crippen molar-refractivity contribution in [1.29, 1.82) is 0 Å². The number of guanidine groups is 1. The largest absolute Gasteiger partial charge is 0.370 e. The number of benzene rings is 1. The van der Waals surface area contributed by atoms with Gasteiger partial charge in [0.05, 0.1) is 11.4 Å². The quantitative estimate of drug-likeness (QED) is 0.682. The van der Waals surface area contributed by atoms with Gasteiger partial charge < -0.3 is 10.6 Å². The number of likely N-dealkylation sites (tertiary alicyclic amines) is 1. The van der Waals surface area contributed by atoms with Gasteiger partial charge in [-0.3, -0.25) is 0 Å². The molecule has 1 fully saturated rings. The minimum atomic E-state index is -3.17. The van der Waals surface area contributed by atoms with E-state index in [-0.39, 0.29) is 0 Å². The van der Waals surface area contributed by atoms with Gasteiger partial charge in [-0.25, -0.2) is 13.4 Å². The van der Waals surface area contributed by atoms with Crippen molar-refractivity contribution >= 4 is 15.8 Å². The number of sulfone groups is 1. The summed E-state index contributed by atoms with van der Waals surface area (Å²) in [5, 5.41) is 0. The molecule has 2 rings (SSSR count). The summed E-state index contributed by atoms with van der Waals surface area (Å²) in [4.78, 5) is 6.98. The maximum atomic E-state index is 11.6. The molecule has 1 aliphatic rings. The van der Waals surface area contributed by atoms with Gasteiger partial charge in [-0.2, -0.15) is 0 Å². The van der Waals surface area contributed by atoms with Crippen molar-refractivity contribution < 1.29 is 8.42 Å². The first kappa shape index (κ1) is 16.8. The van der Waals surface area contributed by atoms with E-state index < -0.39 is 9.84 Å². The van der Waals surface area contributed by atoms with Gasteiger partial charge >= 0.3 is 0 Å². The Kier molecular flexibility index (Phi) is 5.45. The fourth-order valence-electron chi connectivity index (χ4n) is 2.80. The minimum absolute atomic E-state index is 0.376. The Labute approximate surface area is 133 Å². The second-order valence-electron chi connectivity index (χ2n) is 5.95. The summed E-state index contributed by atoms with van der Waals surface area (Å²) >= 11 is 0. The molecule has 0 amide bonds. The first-order valence-corrected chi connectivity index (χ1v) is 9.61. The van der Waals surface area contributed by atoms with Crippen molar-refractivity contribution in [3.63, 3.8) is 0 Å². The van der Waals surface area contributed by atoms with Crippen molar-refractivity contribution in [2.45, 2.75) is 44.0 Å². The monoisotopic (exact) mass is 323 g/mol. The van der Waals surface area contributed by atoms with Gasteiger partial charge in [-0.05, 0) is 37.0 Å². The van der Waals surface area contributed by atoms with Gasteiger partial charge in [0.1, 0.15) is 0 Å². The minimum Gasteiger partial charge on any atom is -0.370 e. The van der Waals surface area contributed by atoms with Crippen LogP contribution in [0.25, 0.3) is 0 Å². The fraction of sp³-hybridized carbons (Fsp3) is 0.562. The Hall–Kier alpha value is -1.56. The molecule has 0 radical (unpaired) electrons. The first-order chi connectivity index (χ1) is 10.4. The van der Waals surface area contributed by atoms with Crippen LogP contribution in [0.15, 0.2) is 28.1 Å². The van der Waals surface area contributed by atoms with Gasteiger partial charge in [0.2, 0.25) is 0 Å². The van der Waals surface area contributed by atoms with Crippen molar-refractivity contribution in [1.82, 2.24) is 4.90 Å². The Morgan fingerprint density at radius 2 is 1.86 bits per heavy atom. The third-order valence-corrected chi connectivity index (χ3v) is 5.25. The normalized spacial score (nSPS) is 17.4. The second-order valence-corrected chi connectivity index (χ2v) is 7.93. The van der Waals surface area contributed by atoms with Gasteiger partial charge in [0.25, 0.3) is 0 Å². The SMILES string of the molecule is Cc1cc(CN=C(N)N2CCCCCC2)ccc1S(C)(=O)=O. The molecule has 122 valence electrons. The number of nitrogens with zero attached hydrogens (tertiary/aromatic N) is 2. The average molecular weight is 323 g/mol. The van der Waals surface area contributed by atoms with Crippen molar-refractivity contribution in [2.24, 2.45) is 10.7 Å². The summed E-state index contributed by atoms with van der Waals surface area (Å²) in [6.07, 6.45) is 6.08. The summed E-state index contributed by atoms with van der Waals surface area (Å²) in [5.41, 5.74) is 7.81. The third kappa shape index (κ3) is 4.47. The van der Waals surface area contributed by atoms with E-state index in [0.29, 0.717) is 17.4 Å². The molecule has 1 saturated heterocycles. The highest BCUT2D eigenvalue weighted by molar-refractivity contribution is 7.90. The fourth-order valence-corrected chi connectivity index (χ4v) is 3.76. The van der Waals surface area contributed by atoms with Crippen molar-refractivity contribution in [2.75, 3.05) is 19.3 Å². The van der Waals surface area contributed by atoms with Gasteiger partial charge in [-0.1, -0.05) is 25.0 Å². The molecule has 0 aromatic heterocycles. The molecule has 22 heavy (non-hydrogen) atoms. The number of hydrogen-bond acceptors (Lipinski definition) is 3. The predicted molar refractivity (Wildman–Crippen MR) is 89.7 cm³/mol. The van der Waals surface area contributed by atoms with E-state index in [1.807, 2.05) is 19.1 Å². The molecule has 5 nitrogen and oxygen atoms in total. The smallest absolute Gasteiger partial charge is 0.191 e. The lowest BCUT2D eigenvalue weighted by Gasteiger charge is -2.21. The third-order valence-electron chi connectivity index (χ3n) is 3.99. The van der Waals surface area contributed by atoms with Crippen LogP contribution >= 0.6 is 0 Å². The molecule has 0 spiro atoms. The lowest BCUT2D eigenvalue weighted by atomic mass is 10.1. The molecular formula is C16H25N3O2S. The molecule has 2 N–H and O–H groups in total. The topological polar surface area (TPSA) is 75.8 Å². The van der Waals surface area contributed by atoms with Crippen LogP contribution < -0.4 is 5.73 Å². The van der Waals surface area contributed by atoms with E-state index in [2.05, 4.69) is 9.89 Å². The molecule has 1 heterocycles. The Morgan fingerprint density at radius 1 is 1.23 bits per heavy atom. The summed E-state index contributed by atoms with van der Waals surface area (Å²) in [5.74, 6) is 0.590. The molecular weight excluding hydrogens is 298 g/mol. The molecule has 6 heteroatoms. The zero-order valence-electron chi connectivity index (χ0n) is 13.4. The first-order valence-electron chi connectivity index (χ1n) is 7.72. The predicted octanol–water partition coefficient (Wildman–Crippen LogP) is 2.09. The van der Waals surface area contributed by atoms with Gasteiger partial charge in [0.15, 0.2) is 15.8 Å². The van der Waals surface area contributed by atoms with Crippen LogP contribution in [-0.2, 0) is 16.4 Å². The summed E-state index contributed by atoms with van der Waals surface area (Å²) in [6.45, 7) is 4.23. The van der Waals surface area contributed by atoms with Crippen LogP contribution in [0.2, 0.25) is 0 Å². The molecule has 0 aliphatic carbocycles. The van der Waals surface area contributed by atoms with Gasteiger partial charge in [-0.15, -0.1) is 0 Å². The molecule has 0 atom stereocenters. The van der Waals surface area contributed by atoms with Gasteiger partial charge in [0, 0.05) is 19.3 Å². The van der Waals surface area contributed by atoms with E-state index in [1.165, 1.54) is 31.9 Å². The van der Waals surface area contributed by atoms with Crippen LogP contribution in [0.5, 0.6) is 0 Å². The zero-order chi connectivity index (χ0) is 16.2. The lowest BCUT2D eigenvalue weighted by Crippen LogP contribution is -2.38. The number of aryl methyl sites for hydroxylation is 1. The Morgan fingerprint density at radius 3 is 2.41 bits per heavy atom. The van der Waals surface area contributed by atoms with E-state index >= 15 is 0 Å². The Balaban J connectivity index is 2.07.